The van der Waals surface area contributed by atoms with Crippen molar-refractivity contribution >= 4 is 61.9 Å². The van der Waals surface area contributed by atoms with Crippen molar-refractivity contribution in [1.82, 2.24) is 9.55 Å². The van der Waals surface area contributed by atoms with Crippen LogP contribution < -0.4 is 0 Å². The molecule has 1 aromatic heterocycles. The Hall–Kier alpha value is -0.840. The number of halogens is 3. The molecule has 2 heterocycles. The number of aliphatic hydroxyl groups excluding tert-OH is 3. The molecule has 0 amide bonds. The molecule has 0 bridgehead atoms. The van der Waals surface area contributed by atoms with E-state index in [1.54, 1.807) is 16.7 Å². The van der Waals surface area contributed by atoms with E-state index >= 15 is 0 Å². The topological polar surface area (TPSA) is 87.7 Å². The molecule has 10 heteroatoms. The van der Waals surface area contributed by atoms with Crippen molar-refractivity contribution in [2.75, 3.05) is 6.61 Å². The normalized spacial score (nSPS) is 24.5. The monoisotopic (exact) mass is 518 g/mol. The zero-order valence-electron chi connectivity index (χ0n) is 14.9. The highest BCUT2D eigenvalue weighted by atomic mass is 79.9. The van der Waals surface area contributed by atoms with Crippen LogP contribution in [0.3, 0.4) is 0 Å². The van der Waals surface area contributed by atoms with E-state index in [4.69, 9.17) is 27.9 Å². The van der Waals surface area contributed by atoms with Gasteiger partial charge in [0.1, 0.15) is 18.3 Å². The molecule has 0 aliphatic carbocycles. The first-order valence-electron chi connectivity index (χ1n) is 8.75. The molecule has 2 aromatic carbocycles. The average Bonchev–Trinajstić information content (AvgIpc) is 3.18. The predicted molar refractivity (Wildman–Crippen MR) is 116 cm³/mol. The van der Waals surface area contributed by atoms with Gasteiger partial charge in [-0.2, -0.15) is 0 Å². The quantitative estimate of drug-likeness (QED) is 0.441. The number of aromatic nitrogens is 2. The Morgan fingerprint density at radius 2 is 1.79 bits per heavy atom. The molecule has 1 aliphatic rings. The average molecular weight is 520 g/mol. The third kappa shape index (κ3) is 4.18. The van der Waals surface area contributed by atoms with Crippen molar-refractivity contribution in [2.45, 2.75) is 35.4 Å². The molecule has 0 saturated carbocycles. The molecule has 4 rings (SSSR count). The predicted octanol–water partition coefficient (Wildman–Crippen LogP) is 4.01. The molecule has 1 unspecified atom stereocenters. The van der Waals surface area contributed by atoms with Crippen molar-refractivity contribution in [3.05, 3.63) is 56.5 Å². The summed E-state index contributed by atoms with van der Waals surface area (Å²) in [6.07, 6.45) is -4.25. The number of fused-ring (bicyclic) bond motifs is 1. The summed E-state index contributed by atoms with van der Waals surface area (Å²) in [7, 11) is 0. The van der Waals surface area contributed by atoms with Gasteiger partial charge < -0.3 is 20.1 Å². The summed E-state index contributed by atoms with van der Waals surface area (Å²) in [6, 6.07) is 11.2. The number of rotatable bonds is 5. The van der Waals surface area contributed by atoms with Crippen molar-refractivity contribution in [1.29, 1.82) is 0 Å². The highest BCUT2D eigenvalue weighted by Crippen LogP contribution is 2.39. The molecule has 1 aliphatic heterocycles. The van der Waals surface area contributed by atoms with Crippen LogP contribution in [-0.4, -0.2) is 49.8 Å². The molecular formula is C19H17BrCl2N2O4S. The fourth-order valence-electron chi connectivity index (χ4n) is 3.24. The number of thioether (sulfide) groups is 1. The second kappa shape index (κ2) is 8.72. The van der Waals surface area contributed by atoms with Crippen LogP contribution in [0.4, 0.5) is 0 Å². The lowest BCUT2D eigenvalue weighted by Gasteiger charge is -2.20. The fourth-order valence-corrected chi connectivity index (χ4v) is 4.81. The van der Waals surface area contributed by atoms with Crippen molar-refractivity contribution < 1.29 is 20.1 Å². The van der Waals surface area contributed by atoms with E-state index < -0.39 is 31.1 Å². The van der Waals surface area contributed by atoms with Gasteiger partial charge in [-0.3, -0.25) is 4.57 Å². The van der Waals surface area contributed by atoms with E-state index in [0.717, 1.165) is 10.0 Å². The van der Waals surface area contributed by atoms with Crippen molar-refractivity contribution in [3.63, 3.8) is 0 Å². The molecule has 0 radical (unpaired) electrons. The molecule has 1 saturated heterocycles. The largest absolute Gasteiger partial charge is 0.394 e. The molecular weight excluding hydrogens is 503 g/mol. The first-order chi connectivity index (χ1) is 13.9. The zero-order valence-corrected chi connectivity index (χ0v) is 18.8. The van der Waals surface area contributed by atoms with Crippen molar-refractivity contribution in [2.24, 2.45) is 0 Å². The summed E-state index contributed by atoms with van der Waals surface area (Å²) in [5, 5.41) is 31.5. The summed E-state index contributed by atoms with van der Waals surface area (Å²) >= 11 is 17.2. The van der Waals surface area contributed by atoms with Gasteiger partial charge >= 0.3 is 0 Å². The van der Waals surface area contributed by atoms with Crippen LogP contribution in [0.5, 0.6) is 0 Å². The molecule has 154 valence electrons. The third-order valence-electron chi connectivity index (χ3n) is 4.75. The maximum atomic E-state index is 10.5. The van der Waals surface area contributed by atoms with Gasteiger partial charge in [-0.25, -0.2) is 4.98 Å². The van der Waals surface area contributed by atoms with Gasteiger partial charge in [0.05, 0.1) is 27.7 Å². The molecule has 0 spiro atoms. The van der Waals surface area contributed by atoms with E-state index in [1.807, 2.05) is 24.3 Å². The Kier molecular flexibility index (Phi) is 6.44. The SMILES string of the molecule is OC[C@H]1OC(n2c(SCc3ccc(Br)cc3)nc3cc(Cl)c(Cl)cc32)[C@H](O)[C@@H]1O. The van der Waals surface area contributed by atoms with Crippen LogP contribution in [-0.2, 0) is 10.5 Å². The van der Waals surface area contributed by atoms with E-state index in [1.165, 1.54) is 11.8 Å². The number of imidazole rings is 1. The molecule has 1 fully saturated rings. The molecule has 6 nitrogen and oxygen atoms in total. The molecule has 3 aromatic rings. The van der Waals surface area contributed by atoms with E-state index in [2.05, 4.69) is 20.9 Å². The minimum atomic E-state index is -1.23. The number of ether oxygens (including phenoxy) is 1. The summed E-state index contributed by atoms with van der Waals surface area (Å²) in [4.78, 5) is 4.64. The second-order valence-electron chi connectivity index (χ2n) is 6.66. The van der Waals surface area contributed by atoms with Crippen LogP contribution in [0.15, 0.2) is 46.0 Å². The van der Waals surface area contributed by atoms with Crippen LogP contribution in [0.1, 0.15) is 11.8 Å². The van der Waals surface area contributed by atoms with Gasteiger partial charge in [0.2, 0.25) is 0 Å². The minimum absolute atomic E-state index is 0.344. The van der Waals surface area contributed by atoms with Crippen LogP contribution in [0.25, 0.3) is 11.0 Å². The molecule has 29 heavy (non-hydrogen) atoms. The smallest absolute Gasteiger partial charge is 0.171 e. The summed E-state index contributed by atoms with van der Waals surface area (Å²) in [5.41, 5.74) is 2.30. The van der Waals surface area contributed by atoms with Gasteiger partial charge in [-0.05, 0) is 29.8 Å². The van der Waals surface area contributed by atoms with E-state index in [-0.39, 0.29) is 0 Å². The van der Waals surface area contributed by atoms with Crippen LogP contribution in [0.2, 0.25) is 10.0 Å². The Morgan fingerprint density at radius 1 is 1.10 bits per heavy atom. The fraction of sp³-hybridized carbons (Fsp3) is 0.316. The minimum Gasteiger partial charge on any atom is -0.394 e. The lowest BCUT2D eigenvalue weighted by atomic mass is 10.1. The molecule has 4 atom stereocenters. The second-order valence-corrected chi connectivity index (χ2v) is 9.34. The Balaban J connectivity index is 1.74. The number of aliphatic hydroxyl groups is 3. The Bertz CT molecular complexity index is 1030. The maximum Gasteiger partial charge on any atom is 0.171 e. The van der Waals surface area contributed by atoms with Gasteiger partial charge in [0.15, 0.2) is 11.4 Å². The van der Waals surface area contributed by atoms with Crippen LogP contribution >= 0.6 is 50.9 Å². The van der Waals surface area contributed by atoms with Crippen molar-refractivity contribution in [3.8, 4) is 0 Å². The number of nitrogens with zero attached hydrogens (tertiary/aromatic N) is 2. The van der Waals surface area contributed by atoms with Gasteiger partial charge in [-0.1, -0.05) is 63.0 Å². The number of hydrogen-bond donors (Lipinski definition) is 3. The Labute approximate surface area is 189 Å². The first-order valence-corrected chi connectivity index (χ1v) is 11.3. The third-order valence-corrected chi connectivity index (χ3v) is 7.03. The van der Waals surface area contributed by atoms with Gasteiger partial charge in [0, 0.05) is 10.2 Å². The van der Waals surface area contributed by atoms with E-state index in [9.17, 15) is 15.3 Å². The van der Waals surface area contributed by atoms with Crippen LogP contribution in [0, 0.1) is 0 Å². The summed E-state index contributed by atoms with van der Waals surface area (Å²) in [5.74, 6) is 0.632. The van der Waals surface area contributed by atoms with Gasteiger partial charge in [0.25, 0.3) is 0 Å². The maximum absolute atomic E-state index is 10.5. The Morgan fingerprint density at radius 3 is 2.45 bits per heavy atom. The van der Waals surface area contributed by atoms with Gasteiger partial charge in [-0.15, -0.1) is 0 Å². The summed E-state index contributed by atoms with van der Waals surface area (Å²) < 4.78 is 8.44. The highest BCUT2D eigenvalue weighted by Gasteiger charge is 2.44. The zero-order chi connectivity index (χ0) is 20.7. The molecule has 3 N–H and O–H groups in total. The standard InChI is InChI=1S/C19H17BrCl2N2O4S/c20-10-3-1-9(2-4-10)8-29-19-23-13-5-11(21)12(22)6-14(13)24(19)18-17(27)16(26)15(7-25)28-18/h1-6,15-18,25-27H,7-8H2/t15-,16-,17-,18?/m1/s1. The van der Waals surface area contributed by atoms with E-state index in [0.29, 0.717) is 32.0 Å². The first kappa shape index (κ1) is 21.4. The lowest BCUT2D eigenvalue weighted by molar-refractivity contribution is -0.0546. The summed E-state index contributed by atoms with van der Waals surface area (Å²) in [6.45, 7) is -0.407. The highest BCUT2D eigenvalue weighted by molar-refractivity contribution is 9.10. The lowest BCUT2D eigenvalue weighted by Crippen LogP contribution is -2.33. The number of benzene rings is 2. The number of hydrogen-bond acceptors (Lipinski definition) is 6.